The molecule has 0 aliphatic carbocycles. The summed E-state index contributed by atoms with van der Waals surface area (Å²) in [7, 11) is 0. The van der Waals surface area contributed by atoms with E-state index in [-0.39, 0.29) is 5.91 Å². The van der Waals surface area contributed by atoms with Crippen molar-refractivity contribution in [2.24, 2.45) is 0 Å². The van der Waals surface area contributed by atoms with Crippen molar-refractivity contribution in [3.05, 3.63) is 64.7 Å². The van der Waals surface area contributed by atoms with Crippen molar-refractivity contribution in [1.29, 1.82) is 0 Å². The monoisotopic (exact) mass is 448 g/mol. The van der Waals surface area contributed by atoms with Crippen LogP contribution in [0, 0.1) is 13.8 Å². The molecule has 8 nitrogen and oxygen atoms in total. The van der Waals surface area contributed by atoms with Crippen molar-refractivity contribution in [1.82, 2.24) is 15.1 Å². The Kier molecular flexibility index (Phi) is 5.93. The van der Waals surface area contributed by atoms with E-state index < -0.39 is 29.9 Å². The number of hydrogen-bond acceptors (Lipinski definition) is 4. The van der Waals surface area contributed by atoms with Gasteiger partial charge in [-0.15, -0.1) is 0 Å². The SMILES string of the molecule is Cc1ccc(C2(C)NC(=O)N(CC(=O)Nc3cccc(C)c3C(=O)N3CCCC3)C2=O)cc1. The second-order valence-electron chi connectivity index (χ2n) is 8.86. The topological polar surface area (TPSA) is 98.8 Å². The van der Waals surface area contributed by atoms with Crippen LogP contribution in [0.3, 0.4) is 0 Å². The molecule has 2 aliphatic heterocycles. The van der Waals surface area contributed by atoms with Crippen LogP contribution in [0.5, 0.6) is 0 Å². The molecule has 2 saturated heterocycles. The van der Waals surface area contributed by atoms with Crippen molar-refractivity contribution >= 4 is 29.4 Å². The summed E-state index contributed by atoms with van der Waals surface area (Å²) in [6.07, 6.45) is 1.93. The summed E-state index contributed by atoms with van der Waals surface area (Å²) in [5.74, 6) is -1.17. The van der Waals surface area contributed by atoms with Crippen LogP contribution in [-0.2, 0) is 15.1 Å². The average molecular weight is 449 g/mol. The number of benzene rings is 2. The number of urea groups is 1. The minimum absolute atomic E-state index is 0.122. The lowest BCUT2D eigenvalue weighted by molar-refractivity contribution is -0.133. The van der Waals surface area contributed by atoms with Crippen LogP contribution >= 0.6 is 0 Å². The maximum atomic E-state index is 13.1. The molecule has 1 atom stereocenters. The fraction of sp³-hybridized carbons (Fsp3) is 0.360. The fourth-order valence-corrected chi connectivity index (χ4v) is 4.39. The highest BCUT2D eigenvalue weighted by Gasteiger charge is 2.49. The Hall–Kier alpha value is -3.68. The normalized spacial score (nSPS) is 20.2. The van der Waals surface area contributed by atoms with Crippen LogP contribution in [-0.4, -0.2) is 53.2 Å². The van der Waals surface area contributed by atoms with Crippen LogP contribution in [0.2, 0.25) is 0 Å². The van der Waals surface area contributed by atoms with Gasteiger partial charge in [-0.3, -0.25) is 19.3 Å². The molecular formula is C25H28N4O4. The summed E-state index contributed by atoms with van der Waals surface area (Å²) in [4.78, 5) is 54.3. The maximum absolute atomic E-state index is 13.1. The molecule has 0 bridgehead atoms. The lowest BCUT2D eigenvalue weighted by Crippen LogP contribution is -2.42. The lowest BCUT2D eigenvalue weighted by Gasteiger charge is -2.22. The summed E-state index contributed by atoms with van der Waals surface area (Å²) in [5.41, 5.74) is 2.01. The molecule has 2 aliphatic rings. The van der Waals surface area contributed by atoms with Gasteiger partial charge >= 0.3 is 6.03 Å². The molecule has 2 aromatic carbocycles. The molecule has 2 fully saturated rings. The Labute approximate surface area is 192 Å². The molecule has 2 aromatic rings. The Morgan fingerprint density at radius 2 is 1.70 bits per heavy atom. The van der Waals surface area contributed by atoms with Gasteiger partial charge in [0.15, 0.2) is 0 Å². The molecular weight excluding hydrogens is 420 g/mol. The van der Waals surface area contributed by atoms with Crippen molar-refractivity contribution in [3.8, 4) is 0 Å². The third-order valence-electron chi connectivity index (χ3n) is 6.36. The van der Waals surface area contributed by atoms with E-state index >= 15 is 0 Å². The van der Waals surface area contributed by atoms with Gasteiger partial charge in [-0.2, -0.15) is 0 Å². The van der Waals surface area contributed by atoms with Crippen molar-refractivity contribution in [2.45, 2.75) is 39.2 Å². The highest BCUT2D eigenvalue weighted by atomic mass is 16.2. The summed E-state index contributed by atoms with van der Waals surface area (Å²) >= 11 is 0. The Morgan fingerprint density at radius 3 is 2.36 bits per heavy atom. The smallest absolute Gasteiger partial charge is 0.325 e. The van der Waals surface area contributed by atoms with E-state index in [4.69, 9.17) is 0 Å². The number of imide groups is 1. The molecule has 4 rings (SSSR count). The molecule has 8 heteroatoms. The zero-order valence-corrected chi connectivity index (χ0v) is 19.1. The highest BCUT2D eigenvalue weighted by Crippen LogP contribution is 2.29. The summed E-state index contributed by atoms with van der Waals surface area (Å²) < 4.78 is 0. The zero-order valence-electron chi connectivity index (χ0n) is 19.1. The second-order valence-corrected chi connectivity index (χ2v) is 8.86. The fourth-order valence-electron chi connectivity index (χ4n) is 4.39. The third kappa shape index (κ3) is 4.20. The number of anilines is 1. The molecule has 1 unspecified atom stereocenters. The minimum Gasteiger partial charge on any atom is -0.339 e. The number of likely N-dealkylation sites (tertiary alicyclic amines) is 1. The van der Waals surface area contributed by atoms with E-state index in [1.165, 1.54) is 0 Å². The van der Waals surface area contributed by atoms with Gasteiger partial charge < -0.3 is 15.5 Å². The predicted molar refractivity (Wildman–Crippen MR) is 124 cm³/mol. The number of hydrogen-bond donors (Lipinski definition) is 2. The minimum atomic E-state index is -1.24. The van der Waals surface area contributed by atoms with Crippen LogP contribution in [0.4, 0.5) is 10.5 Å². The quantitative estimate of drug-likeness (QED) is 0.687. The summed E-state index contributed by atoms with van der Waals surface area (Å²) in [5, 5.41) is 5.45. The zero-order chi connectivity index (χ0) is 23.8. The first kappa shape index (κ1) is 22.5. The van der Waals surface area contributed by atoms with E-state index in [1.54, 1.807) is 36.1 Å². The number of carbonyl (C=O) groups is 4. The van der Waals surface area contributed by atoms with E-state index in [1.807, 2.05) is 32.0 Å². The van der Waals surface area contributed by atoms with Gasteiger partial charge in [-0.05, 0) is 50.8 Å². The standard InChI is InChI=1S/C25H28N4O4/c1-16-9-11-18(12-10-16)25(3)23(32)29(24(33)27-25)15-20(30)26-19-8-6-7-17(2)21(19)22(31)28-13-4-5-14-28/h6-12H,4-5,13-15H2,1-3H3,(H,26,30)(H,27,33). The highest BCUT2D eigenvalue weighted by molar-refractivity contribution is 6.11. The third-order valence-corrected chi connectivity index (χ3v) is 6.36. The molecule has 172 valence electrons. The van der Waals surface area contributed by atoms with Gasteiger partial charge in [0.2, 0.25) is 5.91 Å². The number of rotatable bonds is 5. The predicted octanol–water partition coefficient (Wildman–Crippen LogP) is 2.95. The summed E-state index contributed by atoms with van der Waals surface area (Å²) in [6.45, 7) is 6.33. The van der Waals surface area contributed by atoms with Gasteiger partial charge in [0.25, 0.3) is 11.8 Å². The van der Waals surface area contributed by atoms with Gasteiger partial charge in [0, 0.05) is 13.1 Å². The van der Waals surface area contributed by atoms with Crippen LogP contribution in [0.15, 0.2) is 42.5 Å². The Balaban J connectivity index is 1.51. The van der Waals surface area contributed by atoms with Crippen molar-refractivity contribution in [3.63, 3.8) is 0 Å². The van der Waals surface area contributed by atoms with Crippen molar-refractivity contribution in [2.75, 3.05) is 25.0 Å². The first-order chi connectivity index (χ1) is 15.7. The van der Waals surface area contributed by atoms with Gasteiger partial charge in [-0.1, -0.05) is 42.0 Å². The molecule has 0 saturated carbocycles. The molecule has 33 heavy (non-hydrogen) atoms. The molecule has 2 N–H and O–H groups in total. The summed E-state index contributed by atoms with van der Waals surface area (Å²) in [6, 6.07) is 11.9. The van der Waals surface area contributed by atoms with Gasteiger partial charge in [0.1, 0.15) is 12.1 Å². The van der Waals surface area contributed by atoms with E-state index in [0.717, 1.165) is 28.9 Å². The number of nitrogens with one attached hydrogen (secondary N) is 2. The second kappa shape index (κ2) is 8.69. The number of carbonyl (C=O) groups excluding carboxylic acids is 4. The molecule has 5 amide bonds. The molecule has 0 aromatic heterocycles. The Morgan fingerprint density at radius 1 is 1.03 bits per heavy atom. The Bertz CT molecular complexity index is 1120. The van der Waals surface area contributed by atoms with Crippen LogP contribution in [0.25, 0.3) is 0 Å². The molecule has 2 heterocycles. The van der Waals surface area contributed by atoms with E-state index in [2.05, 4.69) is 10.6 Å². The van der Waals surface area contributed by atoms with E-state index in [0.29, 0.717) is 29.9 Å². The maximum Gasteiger partial charge on any atom is 0.325 e. The van der Waals surface area contributed by atoms with Crippen molar-refractivity contribution < 1.29 is 19.2 Å². The molecule has 0 spiro atoms. The molecule has 0 radical (unpaired) electrons. The number of aryl methyl sites for hydroxylation is 2. The lowest BCUT2D eigenvalue weighted by atomic mass is 9.91. The first-order valence-electron chi connectivity index (χ1n) is 11.1. The average Bonchev–Trinajstić information content (AvgIpc) is 3.38. The first-order valence-corrected chi connectivity index (χ1v) is 11.1. The number of nitrogens with zero attached hydrogens (tertiary/aromatic N) is 2. The largest absolute Gasteiger partial charge is 0.339 e. The van der Waals surface area contributed by atoms with Crippen LogP contribution in [0.1, 0.15) is 46.8 Å². The van der Waals surface area contributed by atoms with Gasteiger partial charge in [0.05, 0.1) is 11.3 Å². The van der Waals surface area contributed by atoms with Gasteiger partial charge in [-0.25, -0.2) is 4.79 Å². The van der Waals surface area contributed by atoms with E-state index in [9.17, 15) is 19.2 Å². The number of amides is 5. The van der Waals surface area contributed by atoms with Crippen LogP contribution < -0.4 is 10.6 Å².